The van der Waals surface area contributed by atoms with Crippen molar-refractivity contribution in [2.45, 2.75) is 63.5 Å². The molecule has 1 aliphatic heterocycles. The van der Waals surface area contributed by atoms with Crippen LogP contribution in [0.1, 0.15) is 51.4 Å². The van der Waals surface area contributed by atoms with Crippen molar-refractivity contribution in [2.75, 3.05) is 13.1 Å². The number of aliphatic hydroxyl groups excluding tert-OH is 1. The molecular formula is C14H25NO. The van der Waals surface area contributed by atoms with E-state index in [4.69, 9.17) is 0 Å². The Morgan fingerprint density at radius 2 is 1.75 bits per heavy atom. The highest BCUT2D eigenvalue weighted by molar-refractivity contribution is 4.92. The van der Waals surface area contributed by atoms with Gasteiger partial charge in [0.05, 0.1) is 6.10 Å². The Bertz CT molecular complexity index is 239. The van der Waals surface area contributed by atoms with Crippen molar-refractivity contribution in [3.8, 4) is 0 Å². The first-order valence-corrected chi connectivity index (χ1v) is 7.27. The molecule has 92 valence electrons. The molecule has 1 N–H and O–H groups in total. The molecule has 0 spiro atoms. The van der Waals surface area contributed by atoms with E-state index in [1.54, 1.807) is 0 Å². The summed E-state index contributed by atoms with van der Waals surface area (Å²) in [5, 5.41) is 10.2. The predicted molar refractivity (Wildman–Crippen MR) is 65.3 cm³/mol. The van der Waals surface area contributed by atoms with Gasteiger partial charge < -0.3 is 5.11 Å². The van der Waals surface area contributed by atoms with E-state index in [-0.39, 0.29) is 6.10 Å². The van der Waals surface area contributed by atoms with Crippen molar-refractivity contribution in [2.24, 2.45) is 11.8 Å². The Labute approximate surface area is 99.0 Å². The fraction of sp³-hybridized carbons (Fsp3) is 1.00. The van der Waals surface area contributed by atoms with Gasteiger partial charge in [-0.05, 0) is 51.0 Å². The highest BCUT2D eigenvalue weighted by atomic mass is 16.3. The third-order valence-corrected chi connectivity index (χ3v) is 4.88. The van der Waals surface area contributed by atoms with Gasteiger partial charge in [0.1, 0.15) is 0 Å². The molecular weight excluding hydrogens is 198 g/mol. The van der Waals surface area contributed by atoms with Crippen LogP contribution in [0.25, 0.3) is 0 Å². The van der Waals surface area contributed by atoms with E-state index in [0.717, 1.165) is 18.4 Å². The minimum Gasteiger partial charge on any atom is -0.393 e. The molecule has 1 saturated heterocycles. The Hall–Kier alpha value is -0.0800. The minimum absolute atomic E-state index is 0.00134. The van der Waals surface area contributed by atoms with Crippen LogP contribution in [0, 0.1) is 11.8 Å². The van der Waals surface area contributed by atoms with Crippen molar-refractivity contribution >= 4 is 0 Å². The third kappa shape index (κ3) is 2.28. The predicted octanol–water partition coefficient (Wildman–Crippen LogP) is 2.41. The van der Waals surface area contributed by atoms with Gasteiger partial charge in [-0.1, -0.05) is 12.8 Å². The zero-order valence-electron chi connectivity index (χ0n) is 10.3. The molecule has 0 aromatic heterocycles. The second-order valence-electron chi connectivity index (χ2n) is 6.16. The molecule has 2 heteroatoms. The lowest BCUT2D eigenvalue weighted by atomic mass is 9.80. The lowest BCUT2D eigenvalue weighted by molar-refractivity contribution is 0.0211. The van der Waals surface area contributed by atoms with E-state index in [2.05, 4.69) is 4.90 Å². The van der Waals surface area contributed by atoms with Gasteiger partial charge in [0.15, 0.2) is 0 Å². The third-order valence-electron chi connectivity index (χ3n) is 4.88. The number of aliphatic hydroxyl groups is 1. The van der Waals surface area contributed by atoms with Gasteiger partial charge in [0.25, 0.3) is 0 Å². The molecule has 3 rings (SSSR count). The van der Waals surface area contributed by atoms with Crippen LogP contribution >= 0.6 is 0 Å². The summed E-state index contributed by atoms with van der Waals surface area (Å²) in [6.07, 6.45) is 10.5. The van der Waals surface area contributed by atoms with Gasteiger partial charge in [-0.2, -0.15) is 0 Å². The van der Waals surface area contributed by atoms with Crippen molar-refractivity contribution in [3.63, 3.8) is 0 Å². The SMILES string of the molecule is OC1CCCCC1C1CCCN1CC1CC1. The average molecular weight is 223 g/mol. The van der Waals surface area contributed by atoms with E-state index < -0.39 is 0 Å². The summed E-state index contributed by atoms with van der Waals surface area (Å²) in [6, 6.07) is 0.718. The fourth-order valence-corrected chi connectivity index (χ4v) is 3.78. The number of likely N-dealkylation sites (tertiary alicyclic amines) is 1. The van der Waals surface area contributed by atoms with E-state index in [9.17, 15) is 5.11 Å². The first-order chi connectivity index (χ1) is 7.84. The van der Waals surface area contributed by atoms with Crippen molar-refractivity contribution in [1.82, 2.24) is 4.90 Å². The summed E-state index contributed by atoms with van der Waals surface area (Å²) in [6.45, 7) is 2.62. The summed E-state index contributed by atoms with van der Waals surface area (Å²) in [5.74, 6) is 1.59. The molecule has 3 aliphatic rings. The molecule has 16 heavy (non-hydrogen) atoms. The second kappa shape index (κ2) is 4.66. The van der Waals surface area contributed by atoms with Gasteiger partial charge in [0.2, 0.25) is 0 Å². The Kier molecular flexibility index (Phi) is 3.21. The normalized spacial score (nSPS) is 41.4. The van der Waals surface area contributed by atoms with Crippen LogP contribution in [0.3, 0.4) is 0 Å². The minimum atomic E-state index is -0.00134. The van der Waals surface area contributed by atoms with Gasteiger partial charge in [-0.25, -0.2) is 0 Å². The summed E-state index contributed by atoms with van der Waals surface area (Å²) in [4.78, 5) is 2.71. The highest BCUT2D eigenvalue weighted by Gasteiger charge is 2.38. The summed E-state index contributed by atoms with van der Waals surface area (Å²) < 4.78 is 0. The van der Waals surface area contributed by atoms with E-state index >= 15 is 0 Å². The van der Waals surface area contributed by atoms with Crippen LogP contribution in [-0.4, -0.2) is 35.2 Å². The van der Waals surface area contributed by atoms with Crippen LogP contribution in [0.5, 0.6) is 0 Å². The standard InChI is InChI=1S/C14H25NO/c16-14-6-2-1-4-12(14)13-5-3-9-15(13)10-11-7-8-11/h11-14,16H,1-10H2. The van der Waals surface area contributed by atoms with Crippen molar-refractivity contribution < 1.29 is 5.11 Å². The maximum atomic E-state index is 10.2. The molecule has 0 amide bonds. The van der Waals surface area contributed by atoms with E-state index in [1.165, 1.54) is 58.0 Å². The average Bonchev–Trinajstić information content (AvgIpc) is 2.97. The molecule has 3 fully saturated rings. The number of hydrogen-bond acceptors (Lipinski definition) is 2. The van der Waals surface area contributed by atoms with Crippen LogP contribution in [0.4, 0.5) is 0 Å². The lowest BCUT2D eigenvalue weighted by Crippen LogP contribution is -2.43. The maximum Gasteiger partial charge on any atom is 0.0583 e. The van der Waals surface area contributed by atoms with Crippen LogP contribution in [0.2, 0.25) is 0 Å². The summed E-state index contributed by atoms with van der Waals surface area (Å²) >= 11 is 0. The smallest absolute Gasteiger partial charge is 0.0583 e. The molecule has 0 aromatic carbocycles. The zero-order chi connectivity index (χ0) is 11.0. The molecule has 0 aromatic rings. The summed E-state index contributed by atoms with van der Waals surface area (Å²) in [7, 11) is 0. The molecule has 2 nitrogen and oxygen atoms in total. The zero-order valence-corrected chi connectivity index (χ0v) is 10.3. The maximum absolute atomic E-state index is 10.2. The molecule has 1 heterocycles. The first kappa shape index (κ1) is 11.0. The largest absolute Gasteiger partial charge is 0.393 e. The van der Waals surface area contributed by atoms with Crippen LogP contribution in [0.15, 0.2) is 0 Å². The number of nitrogens with zero attached hydrogens (tertiary/aromatic N) is 1. The Morgan fingerprint density at radius 1 is 0.938 bits per heavy atom. The van der Waals surface area contributed by atoms with Gasteiger partial charge in [-0.3, -0.25) is 4.90 Å². The molecule has 2 aliphatic carbocycles. The number of rotatable bonds is 3. The fourth-order valence-electron chi connectivity index (χ4n) is 3.78. The van der Waals surface area contributed by atoms with Crippen molar-refractivity contribution in [1.29, 1.82) is 0 Å². The molecule has 0 radical (unpaired) electrons. The molecule has 3 unspecified atom stereocenters. The van der Waals surface area contributed by atoms with Gasteiger partial charge in [-0.15, -0.1) is 0 Å². The molecule has 2 saturated carbocycles. The second-order valence-corrected chi connectivity index (χ2v) is 6.16. The first-order valence-electron chi connectivity index (χ1n) is 7.27. The lowest BCUT2D eigenvalue weighted by Gasteiger charge is -2.37. The molecule has 3 atom stereocenters. The van der Waals surface area contributed by atoms with Gasteiger partial charge >= 0.3 is 0 Å². The molecule has 0 bridgehead atoms. The number of hydrogen-bond donors (Lipinski definition) is 1. The Morgan fingerprint density at radius 3 is 2.50 bits per heavy atom. The highest BCUT2D eigenvalue weighted by Crippen LogP contribution is 2.37. The monoisotopic (exact) mass is 223 g/mol. The van der Waals surface area contributed by atoms with Crippen molar-refractivity contribution in [3.05, 3.63) is 0 Å². The topological polar surface area (TPSA) is 23.5 Å². The van der Waals surface area contributed by atoms with Crippen LogP contribution < -0.4 is 0 Å². The van der Waals surface area contributed by atoms with E-state index in [0.29, 0.717) is 5.92 Å². The summed E-state index contributed by atoms with van der Waals surface area (Å²) in [5.41, 5.74) is 0. The van der Waals surface area contributed by atoms with Gasteiger partial charge in [0, 0.05) is 18.5 Å². The quantitative estimate of drug-likeness (QED) is 0.794. The van der Waals surface area contributed by atoms with Crippen LogP contribution in [-0.2, 0) is 0 Å². The Balaban J connectivity index is 1.61. The van der Waals surface area contributed by atoms with E-state index in [1.807, 2.05) is 0 Å².